The fourth-order valence-electron chi connectivity index (χ4n) is 1.87. The molecule has 0 aliphatic carbocycles. The molecule has 20 heavy (non-hydrogen) atoms. The van der Waals surface area contributed by atoms with Crippen molar-refractivity contribution in [2.24, 2.45) is 0 Å². The molecule has 0 spiro atoms. The number of amides is 1. The van der Waals surface area contributed by atoms with E-state index in [9.17, 15) is 4.79 Å². The fraction of sp³-hybridized carbons (Fsp3) is 0.286. The molecule has 0 fully saturated rings. The molecule has 0 aliphatic rings. The van der Waals surface area contributed by atoms with E-state index < -0.39 is 0 Å². The molecule has 1 aromatic heterocycles. The Bertz CT molecular complexity index is 590. The van der Waals surface area contributed by atoms with Gasteiger partial charge in [0, 0.05) is 21.8 Å². The zero-order valence-electron chi connectivity index (χ0n) is 11.0. The van der Waals surface area contributed by atoms with E-state index in [1.165, 1.54) is 0 Å². The van der Waals surface area contributed by atoms with Crippen molar-refractivity contribution < 1.29 is 4.79 Å². The fourth-order valence-corrected chi connectivity index (χ4v) is 2.40. The Morgan fingerprint density at radius 3 is 2.70 bits per heavy atom. The Hall–Kier alpha value is -1.52. The molecule has 0 saturated carbocycles. The number of aromatic amines is 1. The van der Waals surface area contributed by atoms with Crippen LogP contribution in [0.15, 0.2) is 24.3 Å². The van der Waals surface area contributed by atoms with Gasteiger partial charge in [-0.2, -0.15) is 5.10 Å². The molecule has 0 unspecified atom stereocenters. The van der Waals surface area contributed by atoms with Gasteiger partial charge in [0.25, 0.3) is 0 Å². The number of hydrogen-bond acceptors (Lipinski definition) is 2. The second kappa shape index (κ2) is 6.77. The molecule has 0 aliphatic heterocycles. The van der Waals surface area contributed by atoms with Crippen molar-refractivity contribution in [3.8, 4) is 0 Å². The molecule has 2 N–H and O–H groups in total. The van der Waals surface area contributed by atoms with Gasteiger partial charge in [-0.05, 0) is 24.1 Å². The van der Waals surface area contributed by atoms with Crippen LogP contribution in [0.5, 0.6) is 0 Å². The SMILES string of the molecule is CCCc1cc(NC(=O)Cc2c(Cl)cccc2Cl)n[nH]1. The predicted octanol–water partition coefficient (Wildman–Crippen LogP) is 3.85. The van der Waals surface area contributed by atoms with Gasteiger partial charge in [0.15, 0.2) is 5.82 Å². The number of halogens is 2. The largest absolute Gasteiger partial charge is 0.309 e. The Kier molecular flexibility index (Phi) is 5.04. The maximum Gasteiger partial charge on any atom is 0.230 e. The standard InChI is InChI=1S/C14H15Cl2N3O/c1-2-4-9-7-13(19-18-9)17-14(20)8-10-11(15)5-3-6-12(10)16/h3,5-7H,2,4,8H2,1H3,(H2,17,18,19,20). The highest BCUT2D eigenvalue weighted by molar-refractivity contribution is 6.36. The van der Waals surface area contributed by atoms with Crippen molar-refractivity contribution in [3.05, 3.63) is 45.6 Å². The highest BCUT2D eigenvalue weighted by atomic mass is 35.5. The van der Waals surface area contributed by atoms with Gasteiger partial charge in [0.05, 0.1) is 6.42 Å². The van der Waals surface area contributed by atoms with E-state index in [4.69, 9.17) is 23.2 Å². The summed E-state index contributed by atoms with van der Waals surface area (Å²) in [6.45, 7) is 2.08. The Balaban J connectivity index is 2.01. The predicted molar refractivity (Wildman–Crippen MR) is 81.4 cm³/mol. The Morgan fingerprint density at radius 2 is 2.05 bits per heavy atom. The van der Waals surface area contributed by atoms with Gasteiger partial charge in [0.2, 0.25) is 5.91 Å². The van der Waals surface area contributed by atoms with Crippen LogP contribution in [0.1, 0.15) is 24.6 Å². The van der Waals surface area contributed by atoms with Crippen LogP contribution >= 0.6 is 23.2 Å². The third-order valence-electron chi connectivity index (χ3n) is 2.82. The number of aryl methyl sites for hydroxylation is 1. The summed E-state index contributed by atoms with van der Waals surface area (Å²) in [5.41, 5.74) is 1.62. The molecule has 2 aromatic rings. The van der Waals surface area contributed by atoms with E-state index in [0.29, 0.717) is 21.4 Å². The van der Waals surface area contributed by atoms with Gasteiger partial charge in [0.1, 0.15) is 0 Å². The highest BCUT2D eigenvalue weighted by Crippen LogP contribution is 2.24. The summed E-state index contributed by atoms with van der Waals surface area (Å²) in [7, 11) is 0. The van der Waals surface area contributed by atoms with Crippen LogP contribution in [-0.2, 0) is 17.6 Å². The Labute approximate surface area is 127 Å². The van der Waals surface area contributed by atoms with Gasteiger partial charge >= 0.3 is 0 Å². The van der Waals surface area contributed by atoms with Gasteiger partial charge in [-0.1, -0.05) is 42.6 Å². The van der Waals surface area contributed by atoms with Crippen LogP contribution in [-0.4, -0.2) is 16.1 Å². The number of H-pyrrole nitrogens is 1. The lowest BCUT2D eigenvalue weighted by Gasteiger charge is -2.06. The minimum atomic E-state index is -0.199. The quantitative estimate of drug-likeness (QED) is 0.881. The second-order valence-electron chi connectivity index (χ2n) is 4.45. The first-order valence-electron chi connectivity index (χ1n) is 6.37. The first kappa shape index (κ1) is 14.9. The van der Waals surface area contributed by atoms with Crippen LogP contribution in [0.2, 0.25) is 10.0 Å². The lowest BCUT2D eigenvalue weighted by atomic mass is 10.1. The molecule has 6 heteroatoms. The third-order valence-corrected chi connectivity index (χ3v) is 3.52. The molecule has 2 rings (SSSR count). The van der Waals surface area contributed by atoms with E-state index in [-0.39, 0.29) is 12.3 Å². The summed E-state index contributed by atoms with van der Waals surface area (Å²) in [6, 6.07) is 7.00. The number of benzene rings is 1. The molecule has 1 amide bonds. The summed E-state index contributed by atoms with van der Waals surface area (Å²) in [4.78, 5) is 12.0. The van der Waals surface area contributed by atoms with Crippen LogP contribution in [0.25, 0.3) is 0 Å². The van der Waals surface area contributed by atoms with Crippen molar-refractivity contribution in [3.63, 3.8) is 0 Å². The molecule has 106 valence electrons. The lowest BCUT2D eigenvalue weighted by Crippen LogP contribution is -2.15. The van der Waals surface area contributed by atoms with Crippen LogP contribution in [0, 0.1) is 0 Å². The van der Waals surface area contributed by atoms with E-state index >= 15 is 0 Å². The van der Waals surface area contributed by atoms with E-state index in [1.807, 2.05) is 6.07 Å². The van der Waals surface area contributed by atoms with Crippen LogP contribution in [0.3, 0.4) is 0 Å². The number of hydrogen-bond donors (Lipinski definition) is 2. The lowest BCUT2D eigenvalue weighted by molar-refractivity contribution is -0.115. The summed E-state index contributed by atoms with van der Waals surface area (Å²) < 4.78 is 0. The molecule has 4 nitrogen and oxygen atoms in total. The summed E-state index contributed by atoms with van der Waals surface area (Å²) in [6.07, 6.45) is 2.04. The number of aromatic nitrogens is 2. The van der Waals surface area contributed by atoms with Gasteiger partial charge < -0.3 is 5.32 Å². The first-order chi connectivity index (χ1) is 9.60. The van der Waals surface area contributed by atoms with Gasteiger partial charge in [-0.3, -0.25) is 9.89 Å². The monoisotopic (exact) mass is 311 g/mol. The summed E-state index contributed by atoms with van der Waals surface area (Å²) >= 11 is 12.1. The number of carbonyl (C=O) groups excluding carboxylic acids is 1. The molecular weight excluding hydrogens is 297 g/mol. The average Bonchev–Trinajstić information content (AvgIpc) is 2.82. The van der Waals surface area contributed by atoms with E-state index in [0.717, 1.165) is 18.5 Å². The maximum atomic E-state index is 12.0. The zero-order chi connectivity index (χ0) is 14.5. The van der Waals surface area contributed by atoms with Crippen molar-refractivity contribution >= 4 is 34.9 Å². The van der Waals surface area contributed by atoms with E-state index in [1.54, 1.807) is 18.2 Å². The van der Waals surface area contributed by atoms with Crippen molar-refractivity contribution in [1.29, 1.82) is 0 Å². The van der Waals surface area contributed by atoms with Crippen molar-refractivity contribution in [2.75, 3.05) is 5.32 Å². The molecule has 0 saturated heterocycles. The normalized spacial score (nSPS) is 10.6. The minimum Gasteiger partial charge on any atom is -0.309 e. The number of nitrogens with zero attached hydrogens (tertiary/aromatic N) is 1. The number of nitrogens with one attached hydrogen (secondary N) is 2. The van der Waals surface area contributed by atoms with Gasteiger partial charge in [-0.25, -0.2) is 0 Å². The molecule has 1 aromatic carbocycles. The van der Waals surface area contributed by atoms with Crippen molar-refractivity contribution in [2.45, 2.75) is 26.2 Å². The molecule has 0 radical (unpaired) electrons. The Morgan fingerprint density at radius 1 is 1.35 bits per heavy atom. The summed E-state index contributed by atoms with van der Waals surface area (Å²) in [5, 5.41) is 10.6. The minimum absolute atomic E-state index is 0.120. The molecule has 0 atom stereocenters. The topological polar surface area (TPSA) is 57.8 Å². The highest BCUT2D eigenvalue weighted by Gasteiger charge is 2.12. The number of anilines is 1. The van der Waals surface area contributed by atoms with Crippen molar-refractivity contribution in [1.82, 2.24) is 10.2 Å². The summed E-state index contributed by atoms with van der Waals surface area (Å²) in [5.74, 6) is 0.316. The zero-order valence-corrected chi connectivity index (χ0v) is 12.6. The van der Waals surface area contributed by atoms with Crippen LogP contribution < -0.4 is 5.32 Å². The first-order valence-corrected chi connectivity index (χ1v) is 7.12. The van der Waals surface area contributed by atoms with E-state index in [2.05, 4.69) is 22.4 Å². The average molecular weight is 312 g/mol. The smallest absolute Gasteiger partial charge is 0.230 e. The van der Waals surface area contributed by atoms with Gasteiger partial charge in [-0.15, -0.1) is 0 Å². The molecule has 1 heterocycles. The molecular formula is C14H15Cl2N3O. The third kappa shape index (κ3) is 3.74. The molecule has 0 bridgehead atoms. The number of carbonyl (C=O) groups is 1. The number of rotatable bonds is 5. The maximum absolute atomic E-state index is 12.0. The second-order valence-corrected chi connectivity index (χ2v) is 5.27. The van der Waals surface area contributed by atoms with Crippen LogP contribution in [0.4, 0.5) is 5.82 Å².